The summed E-state index contributed by atoms with van der Waals surface area (Å²) in [6, 6.07) is 5.36. The highest BCUT2D eigenvalue weighted by molar-refractivity contribution is 5.80. The standard InChI is InChI=1S/C27H30F3N3O3/c1-14(17-7-6-8-18(23(17)28)24(29)30)9-22-19-10-21(26(35)33(4)25(19)32-13-31-22)27(36-5)11-15(2)20(12-27)16(3)34/h6-8,10,13-15,20,24H,9,11-12H2,1-5H3/t14-,15+,20?,27?/m0/s1/i5D3. The van der Waals surface area contributed by atoms with E-state index in [0.29, 0.717) is 11.1 Å². The van der Waals surface area contributed by atoms with Crippen molar-refractivity contribution < 1.29 is 26.8 Å². The number of aryl methyl sites for hydroxylation is 1. The normalized spacial score (nSPS) is 24.5. The van der Waals surface area contributed by atoms with Gasteiger partial charge in [-0.25, -0.2) is 23.1 Å². The number of rotatable bonds is 7. The second kappa shape index (κ2) is 9.76. The molecule has 1 aromatic carbocycles. The summed E-state index contributed by atoms with van der Waals surface area (Å²) < 4.78 is 71.7. The Hall–Kier alpha value is -3.07. The van der Waals surface area contributed by atoms with E-state index in [1.807, 2.05) is 6.92 Å². The van der Waals surface area contributed by atoms with Crippen LogP contribution >= 0.6 is 0 Å². The monoisotopic (exact) mass is 504 g/mol. The molecule has 0 amide bonds. The zero-order chi connectivity index (χ0) is 28.9. The van der Waals surface area contributed by atoms with Crippen LogP contribution in [-0.4, -0.2) is 27.4 Å². The van der Waals surface area contributed by atoms with Crippen LogP contribution in [0, 0.1) is 17.7 Å². The Bertz CT molecular complexity index is 1480. The molecule has 9 heteroatoms. The average Bonchev–Trinajstić information content (AvgIpc) is 3.16. The zero-order valence-corrected chi connectivity index (χ0v) is 20.5. The molecule has 0 spiro atoms. The number of ketones is 1. The van der Waals surface area contributed by atoms with Crippen molar-refractivity contribution in [3.05, 3.63) is 69.1 Å². The molecule has 4 atom stereocenters. The van der Waals surface area contributed by atoms with Crippen LogP contribution in [-0.2, 0) is 28.6 Å². The Labute approximate surface area is 211 Å². The van der Waals surface area contributed by atoms with Crippen molar-refractivity contribution in [3.8, 4) is 0 Å². The van der Waals surface area contributed by atoms with Gasteiger partial charge in [0.15, 0.2) is 0 Å². The van der Waals surface area contributed by atoms with Gasteiger partial charge in [-0.1, -0.05) is 32.0 Å². The molecule has 4 rings (SSSR count). The minimum absolute atomic E-state index is 0.0215. The Morgan fingerprint density at radius 2 is 2.03 bits per heavy atom. The molecule has 36 heavy (non-hydrogen) atoms. The molecule has 0 bridgehead atoms. The van der Waals surface area contributed by atoms with E-state index in [-0.39, 0.29) is 47.7 Å². The maximum Gasteiger partial charge on any atom is 0.266 e. The molecule has 1 aliphatic carbocycles. The number of pyridine rings is 1. The highest BCUT2D eigenvalue weighted by Gasteiger charge is 2.48. The lowest BCUT2D eigenvalue weighted by Gasteiger charge is -2.29. The van der Waals surface area contributed by atoms with Crippen LogP contribution in [0.25, 0.3) is 11.0 Å². The van der Waals surface area contributed by atoms with Gasteiger partial charge in [-0.3, -0.25) is 14.2 Å². The van der Waals surface area contributed by atoms with E-state index in [1.54, 1.807) is 6.92 Å². The zero-order valence-electron chi connectivity index (χ0n) is 23.5. The third kappa shape index (κ3) is 4.34. The van der Waals surface area contributed by atoms with Gasteiger partial charge in [0.25, 0.3) is 12.0 Å². The molecule has 192 valence electrons. The molecule has 6 nitrogen and oxygen atoms in total. The smallest absolute Gasteiger partial charge is 0.266 e. The largest absolute Gasteiger partial charge is 0.373 e. The Kier molecular flexibility index (Phi) is 6.01. The van der Waals surface area contributed by atoms with Crippen LogP contribution in [0.5, 0.6) is 0 Å². The first-order valence-electron chi connectivity index (χ1n) is 13.3. The lowest BCUT2D eigenvalue weighted by molar-refractivity contribution is -0.122. The SMILES string of the molecule is [2H]C([2H])([2H])OC1(c2cc3c(C[C@H](C)c4cccc(C(F)F)c4F)ncnc3n(C)c2=O)CC(C(C)=O)[C@H](C)C1. The van der Waals surface area contributed by atoms with Gasteiger partial charge in [0.2, 0.25) is 0 Å². The number of hydrogen-bond acceptors (Lipinski definition) is 5. The van der Waals surface area contributed by atoms with Gasteiger partial charge in [0.05, 0.1) is 26.5 Å². The van der Waals surface area contributed by atoms with E-state index in [2.05, 4.69) is 9.97 Å². The summed E-state index contributed by atoms with van der Waals surface area (Å²) in [4.78, 5) is 34.5. The number of fused-ring (bicyclic) bond motifs is 1. The minimum atomic E-state index is -2.96. The third-order valence-corrected chi connectivity index (χ3v) is 7.51. The summed E-state index contributed by atoms with van der Waals surface area (Å²) in [6.45, 7) is 4.93. The van der Waals surface area contributed by atoms with E-state index >= 15 is 0 Å². The molecular weight excluding hydrogens is 471 g/mol. The summed E-state index contributed by atoms with van der Waals surface area (Å²) in [5.74, 6) is -2.40. The molecule has 3 aromatic rings. The van der Waals surface area contributed by atoms with Gasteiger partial charge in [-0.2, -0.15) is 0 Å². The number of ether oxygens (including phenoxy) is 1. The maximum absolute atomic E-state index is 14.9. The highest BCUT2D eigenvalue weighted by atomic mass is 19.3. The molecule has 1 fully saturated rings. The minimum Gasteiger partial charge on any atom is -0.373 e. The quantitative estimate of drug-likeness (QED) is 0.441. The number of methoxy groups -OCH3 is 1. The van der Waals surface area contributed by atoms with Crippen molar-refractivity contribution in [2.45, 2.75) is 58.0 Å². The number of benzene rings is 1. The number of hydrogen-bond donors (Lipinski definition) is 0. The van der Waals surface area contributed by atoms with Crippen LogP contribution in [0.3, 0.4) is 0 Å². The second-order valence-corrected chi connectivity index (χ2v) is 9.84. The van der Waals surface area contributed by atoms with E-state index in [1.165, 1.54) is 43.1 Å². The fraction of sp³-hybridized carbons (Fsp3) is 0.481. The van der Waals surface area contributed by atoms with Crippen molar-refractivity contribution >= 4 is 16.8 Å². The van der Waals surface area contributed by atoms with E-state index in [4.69, 9.17) is 8.85 Å². The van der Waals surface area contributed by atoms with Gasteiger partial charge in [0.1, 0.15) is 23.6 Å². The molecule has 0 N–H and O–H groups in total. The molecule has 1 saturated carbocycles. The maximum atomic E-state index is 14.9. The van der Waals surface area contributed by atoms with Crippen molar-refractivity contribution in [1.29, 1.82) is 0 Å². The van der Waals surface area contributed by atoms with Crippen molar-refractivity contribution in [1.82, 2.24) is 14.5 Å². The van der Waals surface area contributed by atoms with E-state index in [0.717, 1.165) is 6.07 Å². The Morgan fingerprint density at radius 3 is 2.67 bits per heavy atom. The first kappa shape index (κ1) is 22.2. The number of carbonyl (C=O) groups is 1. The molecule has 0 aliphatic heterocycles. The van der Waals surface area contributed by atoms with E-state index < -0.39 is 47.8 Å². The molecule has 2 unspecified atom stereocenters. The third-order valence-electron chi connectivity index (χ3n) is 7.51. The molecule has 2 heterocycles. The van der Waals surface area contributed by atoms with Crippen molar-refractivity contribution in [2.24, 2.45) is 18.9 Å². The van der Waals surface area contributed by atoms with Crippen molar-refractivity contribution in [3.63, 3.8) is 0 Å². The summed E-state index contributed by atoms with van der Waals surface area (Å²) in [5, 5.41) is 0.416. The predicted octanol–water partition coefficient (Wildman–Crippen LogP) is 5.23. The number of aromatic nitrogens is 3. The number of carbonyl (C=O) groups excluding carboxylic acids is 1. The van der Waals surface area contributed by atoms with Gasteiger partial charge in [0, 0.05) is 25.4 Å². The lowest BCUT2D eigenvalue weighted by atomic mass is 9.89. The molecule has 1 aliphatic rings. The Morgan fingerprint density at radius 1 is 1.31 bits per heavy atom. The molecular formula is C27H30F3N3O3. The van der Waals surface area contributed by atoms with Crippen LogP contribution in [0.1, 0.15) is 72.5 Å². The molecule has 0 radical (unpaired) electrons. The fourth-order valence-electron chi connectivity index (χ4n) is 5.53. The first-order chi connectivity index (χ1) is 18.1. The average molecular weight is 505 g/mol. The highest BCUT2D eigenvalue weighted by Crippen LogP contribution is 2.47. The molecule has 0 saturated heterocycles. The second-order valence-electron chi connectivity index (χ2n) is 9.84. The number of nitrogens with zero attached hydrogens (tertiary/aromatic N) is 3. The van der Waals surface area contributed by atoms with Gasteiger partial charge in [-0.05, 0) is 49.7 Å². The summed E-state index contributed by atoms with van der Waals surface area (Å²) >= 11 is 0. The number of halogens is 3. The van der Waals surface area contributed by atoms with Gasteiger partial charge in [-0.15, -0.1) is 0 Å². The van der Waals surface area contributed by atoms with Crippen LogP contribution in [0.4, 0.5) is 13.2 Å². The summed E-state index contributed by atoms with van der Waals surface area (Å²) in [7, 11) is -1.35. The predicted molar refractivity (Wildman–Crippen MR) is 130 cm³/mol. The van der Waals surface area contributed by atoms with Crippen LogP contribution in [0.2, 0.25) is 0 Å². The van der Waals surface area contributed by atoms with Gasteiger partial charge < -0.3 is 4.74 Å². The first-order valence-corrected chi connectivity index (χ1v) is 11.8. The lowest BCUT2D eigenvalue weighted by Crippen LogP contribution is -2.36. The van der Waals surface area contributed by atoms with E-state index in [9.17, 15) is 22.8 Å². The summed E-state index contributed by atoms with van der Waals surface area (Å²) in [5.41, 5.74) is -1.90. The topological polar surface area (TPSA) is 74.1 Å². The van der Waals surface area contributed by atoms with Crippen molar-refractivity contribution in [2.75, 3.05) is 7.04 Å². The number of alkyl halides is 2. The van der Waals surface area contributed by atoms with Crippen LogP contribution < -0.4 is 5.56 Å². The molecule has 2 aromatic heterocycles. The number of Topliss-reactive ketones (excluding diaryl/α,β-unsaturated/α-hetero) is 1. The van der Waals surface area contributed by atoms with Gasteiger partial charge >= 0.3 is 0 Å². The summed E-state index contributed by atoms with van der Waals surface area (Å²) in [6.07, 6.45) is -1.42. The van der Waals surface area contributed by atoms with Crippen LogP contribution in [0.15, 0.2) is 35.4 Å². The Balaban J connectivity index is 1.86. The fourth-order valence-corrected chi connectivity index (χ4v) is 5.53.